The van der Waals surface area contributed by atoms with E-state index in [9.17, 15) is 8.42 Å². The highest BCUT2D eigenvalue weighted by atomic mass is 35.5. The van der Waals surface area contributed by atoms with Crippen LogP contribution in [0.15, 0.2) is 23.1 Å². The first-order valence-corrected chi connectivity index (χ1v) is 7.19. The van der Waals surface area contributed by atoms with Crippen molar-refractivity contribution in [2.75, 3.05) is 19.7 Å². The minimum Gasteiger partial charge on any atom is -0.395 e. The predicted octanol–water partition coefficient (Wildman–Crippen LogP) is 2.00. The zero-order valence-electron chi connectivity index (χ0n) is 9.23. The minimum absolute atomic E-state index is 0.0546. The number of likely N-dealkylation sites (N-methyl/N-ethyl adjacent to an activating group) is 1. The maximum absolute atomic E-state index is 12.1. The summed E-state index contributed by atoms with van der Waals surface area (Å²) in [6.07, 6.45) is 0. The predicted molar refractivity (Wildman–Crippen MR) is 68.0 cm³/mol. The van der Waals surface area contributed by atoms with Crippen LogP contribution in [0, 0.1) is 0 Å². The van der Waals surface area contributed by atoms with E-state index in [0.717, 1.165) is 0 Å². The molecule has 0 spiro atoms. The molecule has 0 radical (unpaired) electrons. The third-order valence-corrected chi connectivity index (χ3v) is 4.94. The normalized spacial score (nSPS) is 12.1. The van der Waals surface area contributed by atoms with Gasteiger partial charge in [0.1, 0.15) is 0 Å². The lowest BCUT2D eigenvalue weighted by Gasteiger charge is -2.19. The van der Waals surface area contributed by atoms with Gasteiger partial charge in [0.15, 0.2) is 0 Å². The lowest BCUT2D eigenvalue weighted by molar-refractivity contribution is 0.257. The van der Waals surface area contributed by atoms with E-state index in [1.807, 2.05) is 0 Å². The Bertz CT molecular complexity index is 490. The van der Waals surface area contributed by atoms with Gasteiger partial charge in [0.25, 0.3) is 0 Å². The maximum Gasteiger partial charge on any atom is 0.243 e. The third kappa shape index (κ3) is 3.33. The molecule has 0 fully saturated rings. The highest BCUT2D eigenvalue weighted by molar-refractivity contribution is 7.89. The Kier molecular flexibility index (Phi) is 5.22. The van der Waals surface area contributed by atoms with Gasteiger partial charge in [0.05, 0.1) is 21.5 Å². The summed E-state index contributed by atoms with van der Waals surface area (Å²) in [5.74, 6) is 0. The standard InChI is InChI=1S/C10H13Cl2NO3S/c1-2-13(5-6-14)17(15,16)8-3-4-9(11)10(12)7-8/h3-4,7,14H,2,5-6H2,1H3. The van der Waals surface area contributed by atoms with Crippen molar-refractivity contribution >= 4 is 33.2 Å². The van der Waals surface area contributed by atoms with Gasteiger partial charge in [-0.15, -0.1) is 0 Å². The van der Waals surface area contributed by atoms with Gasteiger partial charge in [-0.3, -0.25) is 0 Å². The molecule has 0 atom stereocenters. The van der Waals surface area contributed by atoms with E-state index in [0.29, 0.717) is 5.02 Å². The van der Waals surface area contributed by atoms with Gasteiger partial charge in [0.2, 0.25) is 10.0 Å². The largest absolute Gasteiger partial charge is 0.395 e. The molecule has 0 aliphatic carbocycles. The number of aliphatic hydroxyl groups is 1. The zero-order chi connectivity index (χ0) is 13.1. The van der Waals surface area contributed by atoms with Gasteiger partial charge in [-0.1, -0.05) is 30.1 Å². The molecule has 0 amide bonds. The van der Waals surface area contributed by atoms with Crippen LogP contribution in [0.5, 0.6) is 0 Å². The monoisotopic (exact) mass is 297 g/mol. The zero-order valence-corrected chi connectivity index (χ0v) is 11.6. The van der Waals surface area contributed by atoms with E-state index in [2.05, 4.69) is 0 Å². The van der Waals surface area contributed by atoms with Crippen LogP contribution in [0.25, 0.3) is 0 Å². The Balaban J connectivity index is 3.15. The quantitative estimate of drug-likeness (QED) is 0.904. The molecule has 1 rings (SSSR count). The number of hydrogen-bond acceptors (Lipinski definition) is 3. The summed E-state index contributed by atoms with van der Waals surface area (Å²) >= 11 is 11.5. The minimum atomic E-state index is -3.62. The molecule has 0 saturated heterocycles. The van der Waals surface area contributed by atoms with Crippen molar-refractivity contribution in [2.24, 2.45) is 0 Å². The molecule has 7 heteroatoms. The van der Waals surface area contributed by atoms with Crippen LogP contribution in [0.3, 0.4) is 0 Å². The van der Waals surface area contributed by atoms with Crippen molar-refractivity contribution in [1.82, 2.24) is 4.31 Å². The molecule has 0 saturated carbocycles. The molecule has 1 aromatic rings. The fourth-order valence-corrected chi connectivity index (χ4v) is 3.18. The number of benzene rings is 1. The second-order valence-electron chi connectivity index (χ2n) is 3.30. The van der Waals surface area contributed by atoms with Crippen LogP contribution in [-0.4, -0.2) is 37.5 Å². The molecule has 1 N–H and O–H groups in total. The highest BCUT2D eigenvalue weighted by Crippen LogP contribution is 2.26. The lowest BCUT2D eigenvalue weighted by atomic mass is 10.4. The molecule has 1 aromatic carbocycles. The topological polar surface area (TPSA) is 57.6 Å². The molecule has 96 valence electrons. The molecule has 0 bridgehead atoms. The third-order valence-electron chi connectivity index (χ3n) is 2.23. The summed E-state index contributed by atoms with van der Waals surface area (Å²) in [6, 6.07) is 4.13. The van der Waals surface area contributed by atoms with Crippen molar-refractivity contribution in [3.8, 4) is 0 Å². The molecule has 0 aliphatic rings. The summed E-state index contributed by atoms with van der Waals surface area (Å²) < 4.78 is 25.4. The van der Waals surface area contributed by atoms with Gasteiger partial charge in [-0.2, -0.15) is 4.31 Å². The number of halogens is 2. The Morgan fingerprint density at radius 2 is 1.94 bits per heavy atom. The van der Waals surface area contributed by atoms with E-state index < -0.39 is 10.0 Å². The summed E-state index contributed by atoms with van der Waals surface area (Å²) in [7, 11) is -3.62. The summed E-state index contributed by atoms with van der Waals surface area (Å²) in [5.41, 5.74) is 0. The number of aliphatic hydroxyl groups excluding tert-OH is 1. The molecule has 4 nitrogen and oxygen atoms in total. The second kappa shape index (κ2) is 6.02. The van der Waals surface area contributed by atoms with Crippen molar-refractivity contribution < 1.29 is 13.5 Å². The Labute approximate surface area is 111 Å². The fourth-order valence-electron chi connectivity index (χ4n) is 1.35. The average Bonchev–Trinajstić information content (AvgIpc) is 2.29. The molecule has 17 heavy (non-hydrogen) atoms. The Morgan fingerprint density at radius 3 is 2.41 bits per heavy atom. The number of hydrogen-bond donors (Lipinski definition) is 1. The number of rotatable bonds is 5. The van der Waals surface area contributed by atoms with E-state index in [-0.39, 0.29) is 29.6 Å². The molecule has 0 aliphatic heterocycles. The van der Waals surface area contributed by atoms with Crippen LogP contribution >= 0.6 is 23.2 Å². The van der Waals surface area contributed by atoms with E-state index in [4.69, 9.17) is 28.3 Å². The van der Waals surface area contributed by atoms with Gasteiger partial charge in [-0.05, 0) is 18.2 Å². The molecular weight excluding hydrogens is 285 g/mol. The smallest absolute Gasteiger partial charge is 0.243 e. The van der Waals surface area contributed by atoms with Crippen LogP contribution in [0.4, 0.5) is 0 Å². The van der Waals surface area contributed by atoms with Crippen LogP contribution in [-0.2, 0) is 10.0 Å². The van der Waals surface area contributed by atoms with Crippen LogP contribution in [0.2, 0.25) is 10.0 Å². The van der Waals surface area contributed by atoms with Gasteiger partial charge in [0, 0.05) is 13.1 Å². The average molecular weight is 298 g/mol. The van der Waals surface area contributed by atoms with Crippen molar-refractivity contribution in [3.05, 3.63) is 28.2 Å². The molecule has 0 unspecified atom stereocenters. The van der Waals surface area contributed by atoms with Gasteiger partial charge in [-0.25, -0.2) is 8.42 Å². The van der Waals surface area contributed by atoms with Crippen LogP contribution in [0.1, 0.15) is 6.92 Å². The van der Waals surface area contributed by atoms with Crippen LogP contribution < -0.4 is 0 Å². The highest BCUT2D eigenvalue weighted by Gasteiger charge is 2.23. The van der Waals surface area contributed by atoms with E-state index in [1.54, 1.807) is 6.92 Å². The summed E-state index contributed by atoms with van der Waals surface area (Å²) in [4.78, 5) is 0.0715. The van der Waals surface area contributed by atoms with Crippen molar-refractivity contribution in [3.63, 3.8) is 0 Å². The van der Waals surface area contributed by atoms with E-state index in [1.165, 1.54) is 22.5 Å². The first-order chi connectivity index (χ1) is 7.93. The SMILES string of the molecule is CCN(CCO)S(=O)(=O)c1ccc(Cl)c(Cl)c1. The number of sulfonamides is 1. The van der Waals surface area contributed by atoms with Crippen molar-refractivity contribution in [1.29, 1.82) is 0 Å². The number of nitrogens with zero attached hydrogens (tertiary/aromatic N) is 1. The fraction of sp³-hybridized carbons (Fsp3) is 0.400. The second-order valence-corrected chi connectivity index (χ2v) is 6.05. The molecule has 0 heterocycles. The molecule has 0 aromatic heterocycles. The Morgan fingerprint density at radius 1 is 1.29 bits per heavy atom. The molecular formula is C10H13Cl2NO3S. The first kappa shape index (κ1) is 14.7. The van der Waals surface area contributed by atoms with E-state index >= 15 is 0 Å². The first-order valence-electron chi connectivity index (χ1n) is 4.99. The van der Waals surface area contributed by atoms with Gasteiger partial charge < -0.3 is 5.11 Å². The summed E-state index contributed by atoms with van der Waals surface area (Å²) in [6.45, 7) is 1.81. The van der Waals surface area contributed by atoms with Crippen molar-refractivity contribution in [2.45, 2.75) is 11.8 Å². The summed E-state index contributed by atoms with van der Waals surface area (Å²) in [5, 5.41) is 9.31. The lowest BCUT2D eigenvalue weighted by Crippen LogP contribution is -2.33. The van der Waals surface area contributed by atoms with Gasteiger partial charge >= 0.3 is 0 Å². The maximum atomic E-state index is 12.1. The Hall–Kier alpha value is -0.330.